The number of nitrogens with one attached hydrogen (secondary N) is 2. The number of para-hydroxylation sites is 1. The van der Waals surface area contributed by atoms with E-state index in [1.54, 1.807) is 24.3 Å². The molecule has 0 aliphatic rings. The molecule has 0 bridgehead atoms. The van der Waals surface area contributed by atoms with Gasteiger partial charge in [-0.05, 0) is 24.1 Å². The zero-order valence-corrected chi connectivity index (χ0v) is 21.3. The van der Waals surface area contributed by atoms with Gasteiger partial charge in [-0.1, -0.05) is 37.6 Å². The second-order valence-electron chi connectivity index (χ2n) is 8.53. The molecule has 0 atom stereocenters. The lowest BCUT2D eigenvalue weighted by atomic mass is 10.1. The molecule has 0 fully saturated rings. The van der Waals surface area contributed by atoms with E-state index in [-0.39, 0.29) is 41.9 Å². The van der Waals surface area contributed by atoms with Crippen LogP contribution in [0.1, 0.15) is 20.3 Å². The average molecular weight is 517 g/mol. The highest BCUT2D eigenvalue weighted by atomic mass is 35.5. The molecule has 1 aromatic heterocycles. The summed E-state index contributed by atoms with van der Waals surface area (Å²) in [5, 5.41) is 5.97. The summed E-state index contributed by atoms with van der Waals surface area (Å²) in [6.07, 6.45) is 0.343. The van der Waals surface area contributed by atoms with Crippen LogP contribution in [0.25, 0.3) is 10.9 Å². The van der Waals surface area contributed by atoms with Crippen LogP contribution in [0.5, 0.6) is 11.5 Å². The van der Waals surface area contributed by atoms with Crippen molar-refractivity contribution < 1.29 is 19.1 Å². The molecule has 2 aromatic carbocycles. The molecule has 11 heteroatoms. The van der Waals surface area contributed by atoms with E-state index in [2.05, 4.69) is 10.6 Å². The third kappa shape index (κ3) is 6.06. The van der Waals surface area contributed by atoms with Gasteiger partial charge in [0.05, 0.1) is 35.8 Å². The summed E-state index contributed by atoms with van der Waals surface area (Å²) in [5.74, 6) is 0.191. The van der Waals surface area contributed by atoms with Gasteiger partial charge >= 0.3 is 5.69 Å². The Hall–Kier alpha value is -3.79. The maximum absolute atomic E-state index is 13.3. The summed E-state index contributed by atoms with van der Waals surface area (Å²) < 4.78 is 12.7. The number of fused-ring (bicyclic) bond motifs is 1. The number of methoxy groups -OCH3 is 2. The number of benzene rings is 2. The summed E-state index contributed by atoms with van der Waals surface area (Å²) in [7, 11) is 2.90. The molecule has 3 rings (SSSR count). The fraction of sp³-hybridized carbons (Fsp3) is 0.360. The molecule has 0 radical (unpaired) electrons. The van der Waals surface area contributed by atoms with Crippen LogP contribution in [0.15, 0.2) is 46.0 Å². The number of nitrogens with zero attached hydrogens (tertiary/aromatic N) is 2. The predicted octanol–water partition coefficient (Wildman–Crippen LogP) is 2.63. The Morgan fingerprint density at radius 1 is 1.00 bits per heavy atom. The minimum absolute atomic E-state index is 0.0319. The smallest absolute Gasteiger partial charge is 0.332 e. The molecule has 0 saturated carbocycles. The number of halogens is 1. The minimum atomic E-state index is -0.660. The first-order chi connectivity index (χ1) is 17.2. The predicted molar refractivity (Wildman–Crippen MR) is 138 cm³/mol. The SMILES string of the molecule is COc1cc(OC)c(NC(=O)Cn2c(=O)n(CCNC(=O)CC(C)C)c(=O)c3ccccc32)cc1Cl. The number of carbonyl (C=O) groups is 2. The van der Waals surface area contributed by atoms with E-state index in [4.69, 9.17) is 21.1 Å². The van der Waals surface area contributed by atoms with Gasteiger partial charge in [0, 0.05) is 25.6 Å². The van der Waals surface area contributed by atoms with E-state index in [0.717, 1.165) is 4.57 Å². The summed E-state index contributed by atoms with van der Waals surface area (Å²) >= 11 is 6.19. The van der Waals surface area contributed by atoms with Crippen LogP contribution < -0.4 is 31.4 Å². The first-order valence-electron chi connectivity index (χ1n) is 11.4. The molecule has 0 spiro atoms. The van der Waals surface area contributed by atoms with Gasteiger partial charge < -0.3 is 20.1 Å². The highest BCUT2D eigenvalue weighted by Gasteiger charge is 2.17. The Labute approximate surface area is 212 Å². The topological polar surface area (TPSA) is 121 Å². The van der Waals surface area contributed by atoms with Gasteiger partial charge in [-0.15, -0.1) is 0 Å². The van der Waals surface area contributed by atoms with Gasteiger partial charge in [0.15, 0.2) is 0 Å². The Bertz CT molecular complexity index is 1400. The number of ether oxygens (including phenoxy) is 2. The Morgan fingerprint density at radius 3 is 2.36 bits per heavy atom. The van der Waals surface area contributed by atoms with Crippen LogP contribution in [0, 0.1) is 5.92 Å². The van der Waals surface area contributed by atoms with Gasteiger partial charge in [-0.3, -0.25) is 23.5 Å². The van der Waals surface area contributed by atoms with Crippen LogP contribution in [0.2, 0.25) is 5.02 Å². The molecule has 0 aliphatic carbocycles. The van der Waals surface area contributed by atoms with Gasteiger partial charge in [0.2, 0.25) is 11.8 Å². The van der Waals surface area contributed by atoms with E-state index < -0.39 is 17.2 Å². The van der Waals surface area contributed by atoms with Crippen molar-refractivity contribution in [2.45, 2.75) is 33.4 Å². The van der Waals surface area contributed by atoms with E-state index in [9.17, 15) is 19.2 Å². The first kappa shape index (κ1) is 26.8. The van der Waals surface area contributed by atoms with Crippen LogP contribution >= 0.6 is 11.6 Å². The number of anilines is 1. The van der Waals surface area contributed by atoms with Crippen molar-refractivity contribution in [3.05, 3.63) is 62.3 Å². The highest BCUT2D eigenvalue weighted by Crippen LogP contribution is 2.35. The second-order valence-corrected chi connectivity index (χ2v) is 8.93. The fourth-order valence-corrected chi connectivity index (χ4v) is 4.00. The zero-order chi connectivity index (χ0) is 26.4. The molecule has 3 aromatic rings. The van der Waals surface area contributed by atoms with Crippen molar-refractivity contribution in [3.63, 3.8) is 0 Å². The summed E-state index contributed by atoms with van der Waals surface area (Å²) in [5.41, 5.74) is -0.532. The average Bonchev–Trinajstić information content (AvgIpc) is 2.83. The van der Waals surface area contributed by atoms with Crippen molar-refractivity contribution >= 4 is 40.0 Å². The van der Waals surface area contributed by atoms with E-state index in [1.165, 1.54) is 30.9 Å². The molecule has 1 heterocycles. The number of amides is 2. The molecule has 0 unspecified atom stereocenters. The first-order valence-corrected chi connectivity index (χ1v) is 11.7. The number of hydrogen-bond acceptors (Lipinski definition) is 6. The van der Waals surface area contributed by atoms with Crippen LogP contribution in [-0.2, 0) is 22.7 Å². The normalized spacial score (nSPS) is 10.9. The molecule has 2 amide bonds. The summed E-state index contributed by atoms with van der Waals surface area (Å²) in [6, 6.07) is 9.57. The second kappa shape index (κ2) is 11.8. The third-order valence-electron chi connectivity index (χ3n) is 5.43. The van der Waals surface area contributed by atoms with Crippen LogP contribution in [-0.4, -0.2) is 41.7 Å². The molecular weight excluding hydrogens is 488 g/mol. The quantitative estimate of drug-likeness (QED) is 0.427. The Morgan fingerprint density at radius 2 is 1.69 bits per heavy atom. The van der Waals surface area contributed by atoms with Crippen LogP contribution in [0.4, 0.5) is 5.69 Å². The number of rotatable bonds is 10. The van der Waals surface area contributed by atoms with Crippen molar-refractivity contribution in [3.8, 4) is 11.5 Å². The number of carbonyl (C=O) groups excluding carboxylic acids is 2. The van der Waals surface area contributed by atoms with E-state index in [0.29, 0.717) is 29.1 Å². The number of aromatic nitrogens is 2. The lowest BCUT2D eigenvalue weighted by Gasteiger charge is -2.16. The molecule has 0 aliphatic heterocycles. The zero-order valence-electron chi connectivity index (χ0n) is 20.6. The van der Waals surface area contributed by atoms with Gasteiger partial charge in [0.25, 0.3) is 5.56 Å². The maximum Gasteiger partial charge on any atom is 0.332 e. The molecular formula is C25H29ClN4O6. The molecule has 0 saturated heterocycles. The van der Waals surface area contributed by atoms with Crippen molar-refractivity contribution in [1.82, 2.24) is 14.5 Å². The van der Waals surface area contributed by atoms with Gasteiger partial charge in [0.1, 0.15) is 18.0 Å². The molecule has 2 N–H and O–H groups in total. The third-order valence-corrected chi connectivity index (χ3v) is 5.73. The largest absolute Gasteiger partial charge is 0.495 e. The Kier molecular flexibility index (Phi) is 8.76. The summed E-state index contributed by atoms with van der Waals surface area (Å²) in [6.45, 7) is 3.55. The summed E-state index contributed by atoms with van der Waals surface area (Å²) in [4.78, 5) is 51.2. The molecule has 36 heavy (non-hydrogen) atoms. The highest BCUT2D eigenvalue weighted by molar-refractivity contribution is 6.32. The van der Waals surface area contributed by atoms with Gasteiger partial charge in [-0.2, -0.15) is 0 Å². The van der Waals surface area contributed by atoms with Crippen LogP contribution in [0.3, 0.4) is 0 Å². The maximum atomic E-state index is 13.3. The molecule has 192 valence electrons. The van der Waals surface area contributed by atoms with E-state index >= 15 is 0 Å². The van der Waals surface area contributed by atoms with E-state index in [1.807, 2.05) is 13.8 Å². The Balaban J connectivity index is 1.91. The lowest BCUT2D eigenvalue weighted by Crippen LogP contribution is -2.44. The minimum Gasteiger partial charge on any atom is -0.495 e. The standard InChI is InChI=1S/C25H29ClN4O6/c1-15(2)11-22(31)27-9-10-29-24(33)16-7-5-6-8-19(16)30(25(29)34)14-23(32)28-18-12-17(26)20(35-3)13-21(18)36-4/h5-8,12-13,15H,9-11,14H2,1-4H3,(H,27,31)(H,28,32). The monoisotopic (exact) mass is 516 g/mol. The molecule has 10 nitrogen and oxygen atoms in total. The number of hydrogen-bond donors (Lipinski definition) is 2. The van der Waals surface area contributed by atoms with Crippen molar-refractivity contribution in [1.29, 1.82) is 0 Å². The fourth-order valence-electron chi connectivity index (χ4n) is 3.76. The van der Waals surface area contributed by atoms with Crippen molar-refractivity contribution in [2.24, 2.45) is 5.92 Å². The van der Waals surface area contributed by atoms with Gasteiger partial charge in [-0.25, -0.2) is 4.79 Å². The van der Waals surface area contributed by atoms with Crippen molar-refractivity contribution in [2.75, 3.05) is 26.1 Å². The lowest BCUT2D eigenvalue weighted by molar-refractivity contribution is -0.121.